The van der Waals surface area contributed by atoms with E-state index in [2.05, 4.69) is 13.8 Å². The number of ether oxygens (including phenoxy) is 2. The van der Waals surface area contributed by atoms with E-state index in [1.54, 1.807) is 7.11 Å². The van der Waals surface area contributed by atoms with Gasteiger partial charge in [-0.05, 0) is 25.2 Å². The van der Waals surface area contributed by atoms with Crippen LogP contribution in [0.5, 0.6) is 0 Å². The molecular weight excluding hydrogens is 192 g/mol. The van der Waals surface area contributed by atoms with Crippen molar-refractivity contribution in [1.82, 2.24) is 0 Å². The average Bonchev–Trinajstić information content (AvgIpc) is 2.17. The highest BCUT2D eigenvalue weighted by Crippen LogP contribution is 2.03. The zero-order valence-electron chi connectivity index (χ0n) is 10.3. The molecule has 0 saturated heterocycles. The lowest BCUT2D eigenvalue weighted by atomic mass is 10.1. The second-order valence-electron chi connectivity index (χ2n) is 4.21. The maximum absolute atomic E-state index is 11.2. The van der Waals surface area contributed by atoms with Crippen LogP contribution in [0.25, 0.3) is 0 Å². The molecule has 15 heavy (non-hydrogen) atoms. The summed E-state index contributed by atoms with van der Waals surface area (Å²) in [6.07, 6.45) is 4.46. The van der Waals surface area contributed by atoms with Gasteiger partial charge in [-0.1, -0.05) is 20.3 Å². The smallest absolute Gasteiger partial charge is 0.305 e. The zero-order valence-corrected chi connectivity index (χ0v) is 10.3. The molecule has 0 atom stereocenters. The van der Waals surface area contributed by atoms with E-state index in [1.807, 2.05) is 0 Å². The molecule has 0 aromatic rings. The molecule has 0 heterocycles. The summed E-state index contributed by atoms with van der Waals surface area (Å²) in [6, 6.07) is 0. The molecule has 0 aliphatic rings. The summed E-state index contributed by atoms with van der Waals surface area (Å²) in [5.41, 5.74) is 0. The normalized spacial score (nSPS) is 10.7. The molecule has 0 radical (unpaired) electrons. The van der Waals surface area contributed by atoms with Crippen molar-refractivity contribution in [3.8, 4) is 0 Å². The molecule has 0 saturated carbocycles. The maximum atomic E-state index is 11.2. The Morgan fingerprint density at radius 3 is 2.47 bits per heavy atom. The highest BCUT2D eigenvalue weighted by atomic mass is 16.5. The summed E-state index contributed by atoms with van der Waals surface area (Å²) in [4.78, 5) is 11.2. The van der Waals surface area contributed by atoms with Gasteiger partial charge in [0.05, 0.1) is 6.61 Å². The van der Waals surface area contributed by atoms with Gasteiger partial charge in [0, 0.05) is 20.1 Å². The summed E-state index contributed by atoms with van der Waals surface area (Å²) in [5.74, 6) is 0.535. The van der Waals surface area contributed by atoms with Gasteiger partial charge < -0.3 is 9.47 Å². The van der Waals surface area contributed by atoms with E-state index in [4.69, 9.17) is 9.47 Å². The number of hydrogen-bond donors (Lipinski definition) is 0. The van der Waals surface area contributed by atoms with Gasteiger partial charge in [-0.15, -0.1) is 0 Å². The lowest BCUT2D eigenvalue weighted by Crippen LogP contribution is -2.07. The third-order valence-electron chi connectivity index (χ3n) is 2.19. The van der Waals surface area contributed by atoms with Gasteiger partial charge in [-0.25, -0.2) is 0 Å². The van der Waals surface area contributed by atoms with Crippen molar-refractivity contribution in [3.05, 3.63) is 0 Å². The molecule has 0 bridgehead atoms. The fourth-order valence-electron chi connectivity index (χ4n) is 1.17. The molecular formula is C12H24O3. The van der Waals surface area contributed by atoms with Crippen molar-refractivity contribution in [2.75, 3.05) is 20.3 Å². The number of hydrogen-bond acceptors (Lipinski definition) is 3. The SMILES string of the molecule is COCCCCCC(=O)OCCC(C)C. The Morgan fingerprint density at radius 1 is 1.13 bits per heavy atom. The van der Waals surface area contributed by atoms with Gasteiger partial charge in [0.2, 0.25) is 0 Å². The number of esters is 1. The highest BCUT2D eigenvalue weighted by Gasteiger charge is 2.02. The number of rotatable bonds is 9. The minimum absolute atomic E-state index is 0.0620. The van der Waals surface area contributed by atoms with Gasteiger partial charge in [0.25, 0.3) is 0 Å². The van der Waals surface area contributed by atoms with E-state index in [1.165, 1.54) is 0 Å². The molecule has 0 aromatic heterocycles. The Balaban J connectivity index is 3.19. The van der Waals surface area contributed by atoms with Crippen LogP contribution < -0.4 is 0 Å². The van der Waals surface area contributed by atoms with Gasteiger partial charge in [0.15, 0.2) is 0 Å². The van der Waals surface area contributed by atoms with Crippen molar-refractivity contribution >= 4 is 5.97 Å². The first-order chi connectivity index (χ1) is 7.16. The standard InChI is InChI=1S/C12H24O3/c1-11(2)8-10-15-12(13)7-5-4-6-9-14-3/h11H,4-10H2,1-3H3. The Labute approximate surface area is 93.1 Å². The van der Waals surface area contributed by atoms with Crippen molar-refractivity contribution in [2.24, 2.45) is 5.92 Å². The third-order valence-corrected chi connectivity index (χ3v) is 2.19. The summed E-state index contributed by atoms with van der Waals surface area (Å²) in [6.45, 7) is 5.59. The van der Waals surface area contributed by atoms with E-state index in [9.17, 15) is 4.79 Å². The fraction of sp³-hybridized carbons (Fsp3) is 0.917. The lowest BCUT2D eigenvalue weighted by molar-refractivity contribution is -0.144. The van der Waals surface area contributed by atoms with E-state index >= 15 is 0 Å². The van der Waals surface area contributed by atoms with Gasteiger partial charge >= 0.3 is 5.97 Å². The molecule has 0 amide bonds. The quantitative estimate of drug-likeness (QED) is 0.439. The zero-order chi connectivity index (χ0) is 11.5. The Kier molecular flexibility index (Phi) is 9.59. The monoisotopic (exact) mass is 216 g/mol. The van der Waals surface area contributed by atoms with Crippen LogP contribution in [0.3, 0.4) is 0 Å². The van der Waals surface area contributed by atoms with Crippen LogP contribution in [0.1, 0.15) is 46.0 Å². The van der Waals surface area contributed by atoms with Crippen LogP contribution >= 0.6 is 0 Å². The second kappa shape index (κ2) is 9.97. The first kappa shape index (κ1) is 14.4. The molecule has 0 spiro atoms. The molecule has 90 valence electrons. The predicted molar refractivity (Wildman–Crippen MR) is 60.8 cm³/mol. The van der Waals surface area contributed by atoms with Crippen LogP contribution in [-0.4, -0.2) is 26.3 Å². The molecule has 0 aliphatic heterocycles. The van der Waals surface area contributed by atoms with Gasteiger partial charge in [0.1, 0.15) is 0 Å². The maximum Gasteiger partial charge on any atom is 0.305 e. The number of methoxy groups -OCH3 is 1. The van der Waals surface area contributed by atoms with Crippen LogP contribution in [0, 0.1) is 5.92 Å². The molecule has 0 aliphatic carbocycles. The van der Waals surface area contributed by atoms with Crippen molar-refractivity contribution in [2.45, 2.75) is 46.0 Å². The molecule has 0 aromatic carbocycles. The largest absolute Gasteiger partial charge is 0.466 e. The van der Waals surface area contributed by atoms with Gasteiger partial charge in [-0.2, -0.15) is 0 Å². The Bertz CT molecular complexity index is 155. The summed E-state index contributed by atoms with van der Waals surface area (Å²) < 4.78 is 10.0. The van der Waals surface area contributed by atoms with Crippen LogP contribution in [0.2, 0.25) is 0 Å². The van der Waals surface area contributed by atoms with E-state index in [-0.39, 0.29) is 5.97 Å². The molecule has 0 unspecified atom stereocenters. The van der Waals surface area contributed by atoms with E-state index in [0.717, 1.165) is 32.3 Å². The molecule has 3 nitrogen and oxygen atoms in total. The van der Waals surface area contributed by atoms with Crippen molar-refractivity contribution in [1.29, 1.82) is 0 Å². The first-order valence-corrected chi connectivity index (χ1v) is 5.81. The number of carbonyl (C=O) groups is 1. The Hall–Kier alpha value is -0.570. The van der Waals surface area contributed by atoms with E-state index < -0.39 is 0 Å². The second-order valence-corrected chi connectivity index (χ2v) is 4.21. The van der Waals surface area contributed by atoms with Gasteiger partial charge in [-0.3, -0.25) is 4.79 Å². The minimum Gasteiger partial charge on any atom is -0.466 e. The van der Waals surface area contributed by atoms with Crippen LogP contribution in [-0.2, 0) is 14.3 Å². The molecule has 0 N–H and O–H groups in total. The average molecular weight is 216 g/mol. The van der Waals surface area contributed by atoms with E-state index in [0.29, 0.717) is 18.9 Å². The molecule has 0 fully saturated rings. The van der Waals surface area contributed by atoms with Crippen molar-refractivity contribution in [3.63, 3.8) is 0 Å². The predicted octanol–water partition coefficient (Wildman–Crippen LogP) is 2.78. The number of carbonyl (C=O) groups excluding carboxylic acids is 1. The summed E-state index contributed by atoms with van der Waals surface area (Å²) in [5, 5.41) is 0. The van der Waals surface area contributed by atoms with Crippen molar-refractivity contribution < 1.29 is 14.3 Å². The highest BCUT2D eigenvalue weighted by molar-refractivity contribution is 5.69. The Morgan fingerprint density at radius 2 is 1.87 bits per heavy atom. The minimum atomic E-state index is -0.0620. The summed E-state index contributed by atoms with van der Waals surface area (Å²) >= 11 is 0. The molecule has 3 heteroatoms. The van der Waals surface area contributed by atoms with Crippen LogP contribution in [0.4, 0.5) is 0 Å². The lowest BCUT2D eigenvalue weighted by Gasteiger charge is -2.06. The van der Waals surface area contributed by atoms with Crippen LogP contribution in [0.15, 0.2) is 0 Å². The first-order valence-electron chi connectivity index (χ1n) is 5.81. The fourth-order valence-corrected chi connectivity index (χ4v) is 1.17. The topological polar surface area (TPSA) is 35.5 Å². The summed E-state index contributed by atoms with van der Waals surface area (Å²) in [7, 11) is 1.69. The molecule has 0 rings (SSSR count). The number of unbranched alkanes of at least 4 members (excludes halogenated alkanes) is 2. The third kappa shape index (κ3) is 11.4.